The minimum absolute atomic E-state index is 0.781. The molecule has 16 heavy (non-hydrogen) atoms. The Hall–Kier alpha value is -0.770. The lowest BCUT2D eigenvalue weighted by molar-refractivity contribution is 0.338. The minimum Gasteiger partial charge on any atom is -0.342 e. The van der Waals surface area contributed by atoms with Crippen LogP contribution in [-0.4, -0.2) is 30.5 Å². The molecule has 1 rings (SSSR count). The second-order valence-corrected chi connectivity index (χ2v) is 4.86. The van der Waals surface area contributed by atoms with Gasteiger partial charge in [0, 0.05) is 19.6 Å². The molecule has 1 fully saturated rings. The second-order valence-electron chi connectivity index (χ2n) is 4.86. The Morgan fingerprint density at radius 3 is 2.75 bits per heavy atom. The second kappa shape index (κ2) is 6.74. The van der Waals surface area contributed by atoms with Crippen molar-refractivity contribution in [3.8, 4) is 0 Å². The molecule has 3 N–H and O–H groups in total. The van der Waals surface area contributed by atoms with Gasteiger partial charge in [-0.25, -0.2) is 5.84 Å². The zero-order chi connectivity index (χ0) is 12.0. The van der Waals surface area contributed by atoms with Gasteiger partial charge in [0.15, 0.2) is 0 Å². The molecule has 4 heteroatoms. The van der Waals surface area contributed by atoms with Gasteiger partial charge in [0.05, 0.1) is 0 Å². The molecule has 0 spiro atoms. The number of nitrogens with one attached hydrogen (secondary N) is 1. The Balaban J connectivity index is 2.55. The molecule has 1 unspecified atom stereocenters. The summed E-state index contributed by atoms with van der Waals surface area (Å²) in [7, 11) is 0. The zero-order valence-corrected chi connectivity index (χ0v) is 10.9. The van der Waals surface area contributed by atoms with Crippen LogP contribution >= 0.6 is 0 Å². The average Bonchev–Trinajstić information content (AvgIpc) is 2.51. The predicted molar refractivity (Wildman–Crippen MR) is 69.1 cm³/mol. The number of aliphatic imine (C=N–C) groups is 1. The molecule has 1 saturated heterocycles. The van der Waals surface area contributed by atoms with Crippen molar-refractivity contribution in [1.82, 2.24) is 10.3 Å². The molecule has 0 bridgehead atoms. The van der Waals surface area contributed by atoms with E-state index in [0.29, 0.717) is 0 Å². The Kier molecular flexibility index (Phi) is 5.60. The Morgan fingerprint density at radius 2 is 2.19 bits per heavy atom. The van der Waals surface area contributed by atoms with Crippen molar-refractivity contribution in [1.29, 1.82) is 0 Å². The van der Waals surface area contributed by atoms with Crippen LogP contribution in [0.3, 0.4) is 0 Å². The topological polar surface area (TPSA) is 53.6 Å². The number of hydrazine groups is 1. The first kappa shape index (κ1) is 13.3. The summed E-state index contributed by atoms with van der Waals surface area (Å²) in [6.07, 6.45) is 3.83. The van der Waals surface area contributed by atoms with Crippen LogP contribution in [0.4, 0.5) is 0 Å². The molecule has 0 amide bonds. The molecule has 1 heterocycles. The minimum atomic E-state index is 0.781. The molecule has 1 aliphatic rings. The van der Waals surface area contributed by atoms with Gasteiger partial charge >= 0.3 is 0 Å². The van der Waals surface area contributed by atoms with Crippen LogP contribution in [0.5, 0.6) is 0 Å². The zero-order valence-electron chi connectivity index (χ0n) is 10.9. The first-order valence-electron chi connectivity index (χ1n) is 6.45. The highest BCUT2D eigenvalue weighted by Gasteiger charge is 2.20. The van der Waals surface area contributed by atoms with Crippen LogP contribution in [0.2, 0.25) is 0 Å². The van der Waals surface area contributed by atoms with E-state index in [4.69, 9.17) is 5.84 Å². The van der Waals surface area contributed by atoms with E-state index in [1.54, 1.807) is 0 Å². The predicted octanol–water partition coefficient (Wildman–Crippen LogP) is 1.58. The average molecular weight is 226 g/mol. The van der Waals surface area contributed by atoms with E-state index < -0.39 is 0 Å². The van der Waals surface area contributed by atoms with E-state index >= 15 is 0 Å². The fraction of sp³-hybridized carbons (Fsp3) is 0.917. The molecule has 1 aliphatic heterocycles. The number of nitrogens with zero attached hydrogens (tertiary/aromatic N) is 2. The molecular formula is C12H26N4. The van der Waals surface area contributed by atoms with E-state index in [0.717, 1.165) is 37.4 Å². The fourth-order valence-electron chi connectivity index (χ4n) is 2.39. The molecule has 0 radical (unpaired) electrons. The largest absolute Gasteiger partial charge is 0.342 e. The maximum Gasteiger partial charge on any atom is 0.208 e. The Bertz CT molecular complexity index is 225. The van der Waals surface area contributed by atoms with Crippen LogP contribution in [0.25, 0.3) is 0 Å². The van der Waals surface area contributed by atoms with Gasteiger partial charge in [0.2, 0.25) is 5.96 Å². The molecule has 0 aromatic rings. The molecule has 0 aliphatic carbocycles. The lowest BCUT2D eigenvalue weighted by atomic mass is 9.89. The van der Waals surface area contributed by atoms with Crippen LogP contribution in [0, 0.1) is 11.8 Å². The standard InChI is InChI=1S/C12H26N4/c1-4-14-12(15-13)16-8-5-6-11(7-9-16)10(2)3/h10-11H,4-9,13H2,1-3H3,(H,14,15). The van der Waals surface area contributed by atoms with Crippen molar-refractivity contribution in [3.63, 3.8) is 0 Å². The third-order valence-corrected chi connectivity index (χ3v) is 3.45. The lowest BCUT2D eigenvalue weighted by Crippen LogP contribution is -2.45. The van der Waals surface area contributed by atoms with Gasteiger partial charge in [-0.15, -0.1) is 0 Å². The molecule has 0 saturated carbocycles. The van der Waals surface area contributed by atoms with Crippen LogP contribution in [0.15, 0.2) is 4.99 Å². The SMILES string of the molecule is CCN=C(NN)N1CCCC(C(C)C)CC1. The normalized spacial score (nSPS) is 23.4. The quantitative estimate of drug-likeness (QED) is 0.325. The number of rotatable bonds is 2. The fourth-order valence-corrected chi connectivity index (χ4v) is 2.39. The number of hydrogen-bond acceptors (Lipinski definition) is 2. The molecule has 1 atom stereocenters. The summed E-state index contributed by atoms with van der Waals surface area (Å²) in [5.41, 5.74) is 2.72. The van der Waals surface area contributed by atoms with Crippen molar-refractivity contribution in [2.75, 3.05) is 19.6 Å². The van der Waals surface area contributed by atoms with Gasteiger partial charge in [-0.05, 0) is 38.0 Å². The summed E-state index contributed by atoms with van der Waals surface area (Å²) >= 11 is 0. The third kappa shape index (κ3) is 3.67. The van der Waals surface area contributed by atoms with Gasteiger partial charge in [0.1, 0.15) is 0 Å². The maximum absolute atomic E-state index is 5.51. The van der Waals surface area contributed by atoms with Crippen molar-refractivity contribution in [3.05, 3.63) is 0 Å². The van der Waals surface area contributed by atoms with Gasteiger partial charge in [0.25, 0.3) is 0 Å². The summed E-state index contributed by atoms with van der Waals surface area (Å²) in [5, 5.41) is 0. The van der Waals surface area contributed by atoms with Gasteiger partial charge in [-0.1, -0.05) is 13.8 Å². The number of hydrogen-bond donors (Lipinski definition) is 2. The first-order valence-corrected chi connectivity index (χ1v) is 6.45. The Morgan fingerprint density at radius 1 is 1.44 bits per heavy atom. The van der Waals surface area contributed by atoms with Crippen LogP contribution < -0.4 is 11.3 Å². The van der Waals surface area contributed by atoms with Crippen molar-refractivity contribution in [2.24, 2.45) is 22.7 Å². The van der Waals surface area contributed by atoms with Crippen molar-refractivity contribution < 1.29 is 0 Å². The summed E-state index contributed by atoms with van der Waals surface area (Å²) in [4.78, 5) is 6.67. The third-order valence-electron chi connectivity index (χ3n) is 3.45. The summed E-state index contributed by atoms with van der Waals surface area (Å²) in [6.45, 7) is 9.61. The van der Waals surface area contributed by atoms with E-state index in [-0.39, 0.29) is 0 Å². The molecule has 4 nitrogen and oxygen atoms in total. The molecule has 94 valence electrons. The highest BCUT2D eigenvalue weighted by Crippen LogP contribution is 2.24. The van der Waals surface area contributed by atoms with Gasteiger partial charge in [-0.3, -0.25) is 10.4 Å². The van der Waals surface area contributed by atoms with E-state index in [2.05, 4.69) is 29.2 Å². The lowest BCUT2D eigenvalue weighted by Gasteiger charge is -2.24. The smallest absolute Gasteiger partial charge is 0.208 e. The molecular weight excluding hydrogens is 200 g/mol. The summed E-state index contributed by atoms with van der Waals surface area (Å²) in [5.74, 6) is 8.01. The molecule has 0 aromatic heterocycles. The van der Waals surface area contributed by atoms with Crippen molar-refractivity contribution in [2.45, 2.75) is 40.0 Å². The van der Waals surface area contributed by atoms with Gasteiger partial charge < -0.3 is 4.90 Å². The van der Waals surface area contributed by atoms with Gasteiger partial charge in [-0.2, -0.15) is 0 Å². The van der Waals surface area contributed by atoms with E-state index in [1.165, 1.54) is 19.3 Å². The summed E-state index contributed by atoms with van der Waals surface area (Å²) < 4.78 is 0. The number of nitrogens with two attached hydrogens (primary N) is 1. The molecule has 0 aromatic carbocycles. The van der Waals surface area contributed by atoms with Crippen LogP contribution in [-0.2, 0) is 0 Å². The van der Waals surface area contributed by atoms with E-state index in [9.17, 15) is 0 Å². The maximum atomic E-state index is 5.51. The number of guanidine groups is 1. The van der Waals surface area contributed by atoms with E-state index in [1.807, 2.05) is 6.92 Å². The highest BCUT2D eigenvalue weighted by molar-refractivity contribution is 5.79. The van der Waals surface area contributed by atoms with Crippen molar-refractivity contribution >= 4 is 5.96 Å². The number of likely N-dealkylation sites (tertiary alicyclic amines) is 1. The Labute approximate surface area is 99.3 Å². The first-order chi connectivity index (χ1) is 7.69. The van der Waals surface area contributed by atoms with Crippen LogP contribution in [0.1, 0.15) is 40.0 Å². The highest BCUT2D eigenvalue weighted by atomic mass is 15.4. The monoisotopic (exact) mass is 226 g/mol. The summed E-state index contributed by atoms with van der Waals surface area (Å²) in [6, 6.07) is 0.